The number of primary amides is 1. The van der Waals surface area contributed by atoms with Crippen LogP contribution >= 0.6 is 23.2 Å². The molecular weight excluding hydrogens is 613 g/mol. The third-order valence-electron chi connectivity index (χ3n) is 6.84. The van der Waals surface area contributed by atoms with E-state index in [2.05, 4.69) is 5.32 Å². The quantitative estimate of drug-likeness (QED) is 0.172. The lowest BCUT2D eigenvalue weighted by Gasteiger charge is -2.31. The smallest absolute Gasteiger partial charge is 0.327 e. The Morgan fingerprint density at radius 3 is 2.23 bits per heavy atom. The lowest BCUT2D eigenvalue weighted by atomic mass is 10.0. The van der Waals surface area contributed by atoms with E-state index in [4.69, 9.17) is 28.9 Å². The lowest BCUT2D eigenvalue weighted by Crippen LogP contribution is -2.45. The molecule has 43 heavy (non-hydrogen) atoms. The van der Waals surface area contributed by atoms with Gasteiger partial charge in [-0.1, -0.05) is 79.4 Å². The van der Waals surface area contributed by atoms with Crippen molar-refractivity contribution in [2.75, 3.05) is 4.31 Å². The number of sulfonamides is 1. The standard InChI is InChI=1S/C31H29Cl2N3O6S/c1-2-3-12-28(31(39)40)36(43(41,42)23-16-21(32)15-22(33)17-23)27-13-6-9-24-25(27)10-5-11-26(24)30(38)35-18-19-7-4-8-20(14-19)29(34)37/h4-11,13-17,28H,2-3,12,18H2,1H3,(H2,34,37)(H,35,38)(H,39,40). The van der Waals surface area contributed by atoms with Crippen molar-refractivity contribution < 1.29 is 27.9 Å². The largest absolute Gasteiger partial charge is 0.480 e. The monoisotopic (exact) mass is 641 g/mol. The number of nitrogens with two attached hydrogens (primary N) is 1. The van der Waals surface area contributed by atoms with Crippen LogP contribution in [0.4, 0.5) is 5.69 Å². The van der Waals surface area contributed by atoms with Crippen LogP contribution in [0.25, 0.3) is 10.8 Å². The summed E-state index contributed by atoms with van der Waals surface area (Å²) in [7, 11) is -4.51. The number of fused-ring (bicyclic) bond motifs is 1. The van der Waals surface area contributed by atoms with E-state index in [0.29, 0.717) is 34.7 Å². The Labute approximate surface area is 259 Å². The average Bonchev–Trinajstić information content (AvgIpc) is 2.97. The van der Waals surface area contributed by atoms with E-state index in [1.807, 2.05) is 6.92 Å². The number of anilines is 1. The van der Waals surface area contributed by atoms with Crippen molar-refractivity contribution in [1.82, 2.24) is 5.32 Å². The Bertz CT molecular complexity index is 1790. The first-order valence-electron chi connectivity index (χ1n) is 13.4. The van der Waals surface area contributed by atoms with Gasteiger partial charge in [0, 0.05) is 33.1 Å². The van der Waals surface area contributed by atoms with Gasteiger partial charge in [0.1, 0.15) is 6.04 Å². The number of nitrogens with zero attached hydrogens (tertiary/aromatic N) is 1. The zero-order valence-corrected chi connectivity index (χ0v) is 25.4. The molecule has 4 aromatic carbocycles. The number of halogens is 2. The highest BCUT2D eigenvalue weighted by Crippen LogP contribution is 2.36. The molecule has 0 aliphatic carbocycles. The number of rotatable bonds is 12. The maximum Gasteiger partial charge on any atom is 0.327 e. The van der Waals surface area contributed by atoms with E-state index in [9.17, 15) is 27.9 Å². The number of hydrogen-bond acceptors (Lipinski definition) is 5. The van der Waals surface area contributed by atoms with Gasteiger partial charge in [-0.15, -0.1) is 0 Å². The molecule has 0 aliphatic rings. The number of amides is 2. The number of carbonyl (C=O) groups is 3. The van der Waals surface area contributed by atoms with Crippen molar-refractivity contribution in [3.8, 4) is 0 Å². The van der Waals surface area contributed by atoms with Crippen molar-refractivity contribution >= 4 is 67.5 Å². The molecule has 0 heterocycles. The summed E-state index contributed by atoms with van der Waals surface area (Å²) < 4.78 is 29.2. The van der Waals surface area contributed by atoms with E-state index < -0.39 is 33.8 Å². The molecule has 1 atom stereocenters. The molecule has 0 saturated heterocycles. The summed E-state index contributed by atoms with van der Waals surface area (Å²) in [5.41, 5.74) is 6.65. The van der Waals surface area contributed by atoms with Gasteiger partial charge in [0.2, 0.25) is 5.91 Å². The number of carbonyl (C=O) groups excluding carboxylic acids is 2. The molecule has 2 amide bonds. The van der Waals surface area contributed by atoms with Crippen molar-refractivity contribution in [2.24, 2.45) is 5.73 Å². The molecule has 4 rings (SSSR count). The predicted octanol–water partition coefficient (Wildman–Crippen LogP) is 6.01. The molecule has 4 aromatic rings. The fourth-order valence-electron chi connectivity index (χ4n) is 4.79. The summed E-state index contributed by atoms with van der Waals surface area (Å²) in [5.74, 6) is -2.37. The molecule has 0 aromatic heterocycles. The Morgan fingerprint density at radius 2 is 1.58 bits per heavy atom. The first-order chi connectivity index (χ1) is 20.4. The van der Waals surface area contributed by atoms with Gasteiger partial charge >= 0.3 is 5.97 Å². The number of aliphatic carboxylic acids is 1. The highest BCUT2D eigenvalue weighted by atomic mass is 35.5. The lowest BCUT2D eigenvalue weighted by molar-refractivity contribution is -0.138. The Morgan fingerprint density at radius 1 is 0.930 bits per heavy atom. The van der Waals surface area contributed by atoms with Gasteiger partial charge in [-0.25, -0.2) is 13.2 Å². The van der Waals surface area contributed by atoms with Crippen LogP contribution in [0.3, 0.4) is 0 Å². The number of carboxylic acids is 1. The Hall–Kier alpha value is -4.12. The highest BCUT2D eigenvalue weighted by molar-refractivity contribution is 7.93. The molecule has 0 fully saturated rings. The molecule has 0 radical (unpaired) electrons. The topological polar surface area (TPSA) is 147 Å². The number of nitrogens with one attached hydrogen (secondary N) is 1. The van der Waals surface area contributed by atoms with Crippen LogP contribution in [0.15, 0.2) is 83.8 Å². The van der Waals surface area contributed by atoms with Gasteiger partial charge in [-0.2, -0.15) is 0 Å². The van der Waals surface area contributed by atoms with Crippen LogP contribution in [0, 0.1) is 0 Å². The molecular formula is C31H29Cl2N3O6S. The van der Waals surface area contributed by atoms with Crippen LogP contribution in [0.5, 0.6) is 0 Å². The van der Waals surface area contributed by atoms with Crippen LogP contribution in [0.2, 0.25) is 10.0 Å². The van der Waals surface area contributed by atoms with Gasteiger partial charge in [0.05, 0.1) is 10.6 Å². The summed E-state index contributed by atoms with van der Waals surface area (Å²) >= 11 is 12.3. The maximum atomic E-state index is 14.2. The molecule has 0 spiro atoms. The van der Waals surface area contributed by atoms with Crippen LogP contribution < -0.4 is 15.4 Å². The minimum absolute atomic E-state index is 0.0420. The summed E-state index contributed by atoms with van der Waals surface area (Å²) in [4.78, 5) is 37.2. The minimum Gasteiger partial charge on any atom is -0.480 e. The second kappa shape index (κ2) is 13.5. The second-order valence-electron chi connectivity index (χ2n) is 9.83. The second-order valence-corrected chi connectivity index (χ2v) is 12.5. The number of unbranched alkanes of at least 4 members (excludes halogenated alkanes) is 1. The molecule has 0 saturated carbocycles. The normalized spacial score (nSPS) is 12.1. The molecule has 0 aliphatic heterocycles. The van der Waals surface area contributed by atoms with Crippen molar-refractivity contribution in [2.45, 2.75) is 43.7 Å². The number of carboxylic acid groups (broad SMARTS) is 1. The van der Waals surface area contributed by atoms with E-state index >= 15 is 0 Å². The SMILES string of the molecule is CCCCC(C(=O)O)N(c1cccc2c(C(=O)NCc3cccc(C(N)=O)c3)cccc12)S(=O)(=O)c1cc(Cl)cc(Cl)c1. The summed E-state index contributed by atoms with van der Waals surface area (Å²) in [6.07, 6.45) is 1.14. The third-order valence-corrected chi connectivity index (χ3v) is 9.07. The van der Waals surface area contributed by atoms with Crippen molar-refractivity contribution in [1.29, 1.82) is 0 Å². The molecule has 9 nitrogen and oxygen atoms in total. The number of hydrogen-bond donors (Lipinski definition) is 3. The van der Waals surface area contributed by atoms with Crippen LogP contribution in [-0.2, 0) is 21.4 Å². The van der Waals surface area contributed by atoms with Gasteiger partial charge in [-0.3, -0.25) is 13.9 Å². The summed E-state index contributed by atoms with van der Waals surface area (Å²) in [6, 6.07) is 18.4. The first-order valence-corrected chi connectivity index (χ1v) is 15.6. The third kappa shape index (κ3) is 7.10. The average molecular weight is 643 g/mol. The molecule has 0 bridgehead atoms. The van der Waals surface area contributed by atoms with E-state index in [1.165, 1.54) is 24.3 Å². The van der Waals surface area contributed by atoms with E-state index in [1.54, 1.807) is 54.6 Å². The Kier molecular flexibility index (Phi) is 9.95. The zero-order valence-electron chi connectivity index (χ0n) is 23.1. The molecule has 4 N–H and O–H groups in total. The molecule has 1 unspecified atom stereocenters. The summed E-state index contributed by atoms with van der Waals surface area (Å²) in [6.45, 7) is 1.98. The minimum atomic E-state index is -4.51. The zero-order chi connectivity index (χ0) is 31.3. The maximum absolute atomic E-state index is 14.2. The van der Waals surface area contributed by atoms with Crippen molar-refractivity contribution in [3.63, 3.8) is 0 Å². The van der Waals surface area contributed by atoms with Gasteiger partial charge in [0.25, 0.3) is 15.9 Å². The van der Waals surface area contributed by atoms with Gasteiger partial charge in [0.15, 0.2) is 0 Å². The number of benzene rings is 4. The first kappa shape index (κ1) is 31.8. The van der Waals surface area contributed by atoms with E-state index in [-0.39, 0.29) is 39.2 Å². The summed E-state index contributed by atoms with van der Waals surface area (Å²) in [5, 5.41) is 14.0. The molecule has 12 heteroatoms. The fraction of sp³-hybridized carbons (Fsp3) is 0.194. The highest BCUT2D eigenvalue weighted by Gasteiger charge is 2.37. The predicted molar refractivity (Wildman–Crippen MR) is 167 cm³/mol. The van der Waals surface area contributed by atoms with Crippen molar-refractivity contribution in [3.05, 3.63) is 106 Å². The van der Waals surface area contributed by atoms with E-state index in [0.717, 1.165) is 4.31 Å². The fourth-order valence-corrected chi connectivity index (χ4v) is 7.17. The van der Waals surface area contributed by atoms with Gasteiger partial charge < -0.3 is 16.2 Å². The Balaban J connectivity index is 1.82. The molecule has 224 valence electrons. The van der Waals surface area contributed by atoms with Crippen LogP contribution in [0.1, 0.15) is 52.5 Å². The van der Waals surface area contributed by atoms with Crippen LogP contribution in [-0.4, -0.2) is 37.3 Å². The van der Waals surface area contributed by atoms with Gasteiger partial charge in [-0.05, 0) is 59.8 Å².